The van der Waals surface area contributed by atoms with Gasteiger partial charge in [0, 0.05) is 5.69 Å². The molecular weight excluding hydrogens is 400 g/mol. The molecule has 1 amide bonds. The second-order valence-corrected chi connectivity index (χ2v) is 8.62. The van der Waals surface area contributed by atoms with E-state index in [0.717, 1.165) is 11.3 Å². The Morgan fingerprint density at radius 3 is 2.46 bits per heavy atom. The summed E-state index contributed by atoms with van der Waals surface area (Å²) in [6.45, 7) is -0.0251. The Morgan fingerprint density at radius 1 is 1.07 bits per heavy atom. The van der Waals surface area contributed by atoms with Gasteiger partial charge in [0.25, 0.3) is 5.91 Å². The van der Waals surface area contributed by atoms with Crippen LogP contribution in [0.1, 0.15) is 20.4 Å². The van der Waals surface area contributed by atoms with Gasteiger partial charge < -0.3 is 10.1 Å². The fraction of sp³-hybridized carbons (Fsp3) is 0.167. The standard InChI is InChI=1S/C18H18N4O4S2/c1-26-15-9-7-14(8-10-15)20-17(23)18-22-21-16(27-18)11-19-28(24,25)12-13-5-3-2-4-6-13/h2-10,19H,11-12H2,1H3,(H,20,23). The largest absolute Gasteiger partial charge is 0.497 e. The van der Waals surface area contributed by atoms with Crippen molar-refractivity contribution >= 4 is 33.0 Å². The van der Waals surface area contributed by atoms with E-state index in [1.54, 1.807) is 55.6 Å². The Labute approximate surface area is 166 Å². The highest BCUT2D eigenvalue weighted by molar-refractivity contribution is 7.88. The van der Waals surface area contributed by atoms with Crippen LogP contribution in [0.25, 0.3) is 0 Å². The average Bonchev–Trinajstić information content (AvgIpc) is 3.17. The molecule has 2 N–H and O–H groups in total. The molecule has 0 saturated heterocycles. The van der Waals surface area contributed by atoms with E-state index in [2.05, 4.69) is 20.2 Å². The minimum Gasteiger partial charge on any atom is -0.497 e. The number of methoxy groups -OCH3 is 1. The molecule has 146 valence electrons. The quantitative estimate of drug-likeness (QED) is 0.581. The van der Waals surface area contributed by atoms with Crippen molar-refractivity contribution in [2.45, 2.75) is 12.3 Å². The average molecular weight is 419 g/mol. The zero-order valence-electron chi connectivity index (χ0n) is 15.0. The van der Waals surface area contributed by atoms with E-state index < -0.39 is 15.9 Å². The van der Waals surface area contributed by atoms with E-state index in [9.17, 15) is 13.2 Å². The molecule has 10 heteroatoms. The molecule has 0 aliphatic heterocycles. The molecule has 0 fully saturated rings. The van der Waals surface area contributed by atoms with Gasteiger partial charge in [-0.3, -0.25) is 4.79 Å². The van der Waals surface area contributed by atoms with Crippen LogP contribution in [0.4, 0.5) is 5.69 Å². The number of nitrogens with zero attached hydrogens (tertiary/aromatic N) is 2. The van der Waals surface area contributed by atoms with Crippen LogP contribution in [0.15, 0.2) is 54.6 Å². The number of rotatable bonds is 8. The van der Waals surface area contributed by atoms with E-state index in [0.29, 0.717) is 22.0 Å². The Kier molecular flexibility index (Phi) is 6.34. The summed E-state index contributed by atoms with van der Waals surface area (Å²) in [5, 5.41) is 11.0. The number of benzene rings is 2. The van der Waals surface area contributed by atoms with Gasteiger partial charge >= 0.3 is 0 Å². The zero-order valence-corrected chi connectivity index (χ0v) is 16.6. The lowest BCUT2D eigenvalue weighted by Gasteiger charge is -2.05. The van der Waals surface area contributed by atoms with Crippen molar-refractivity contribution < 1.29 is 17.9 Å². The fourth-order valence-electron chi connectivity index (χ4n) is 2.29. The molecular formula is C18H18N4O4S2. The van der Waals surface area contributed by atoms with Crippen LogP contribution in [0.2, 0.25) is 0 Å². The molecule has 8 nitrogen and oxygen atoms in total. The van der Waals surface area contributed by atoms with Crippen LogP contribution in [0, 0.1) is 0 Å². The highest BCUT2D eigenvalue weighted by Crippen LogP contribution is 2.17. The van der Waals surface area contributed by atoms with Crippen LogP contribution < -0.4 is 14.8 Å². The SMILES string of the molecule is COc1ccc(NC(=O)c2nnc(CNS(=O)(=O)Cc3ccccc3)s2)cc1. The summed E-state index contributed by atoms with van der Waals surface area (Å²) in [5.74, 6) is 0.136. The summed E-state index contributed by atoms with van der Waals surface area (Å²) in [7, 11) is -1.96. The van der Waals surface area contributed by atoms with Crippen LogP contribution in [-0.4, -0.2) is 31.6 Å². The summed E-state index contributed by atoms with van der Waals surface area (Å²) in [5.41, 5.74) is 1.28. The van der Waals surface area contributed by atoms with E-state index in [1.807, 2.05) is 6.07 Å². The molecule has 0 radical (unpaired) electrons. The maximum absolute atomic E-state index is 12.3. The van der Waals surface area contributed by atoms with Crippen molar-refractivity contribution in [3.05, 3.63) is 70.2 Å². The number of carbonyl (C=O) groups excluding carboxylic acids is 1. The molecule has 2 aromatic carbocycles. The summed E-state index contributed by atoms with van der Waals surface area (Å²) in [4.78, 5) is 12.3. The molecule has 0 atom stereocenters. The normalized spacial score (nSPS) is 11.2. The van der Waals surface area contributed by atoms with E-state index in [4.69, 9.17) is 4.74 Å². The minimum absolute atomic E-state index is 0.0251. The van der Waals surface area contributed by atoms with Crippen LogP contribution in [-0.2, 0) is 22.3 Å². The minimum atomic E-state index is -3.52. The molecule has 0 spiro atoms. The number of hydrogen-bond donors (Lipinski definition) is 2. The number of carbonyl (C=O) groups is 1. The summed E-state index contributed by atoms with van der Waals surface area (Å²) >= 11 is 1.03. The van der Waals surface area contributed by atoms with E-state index >= 15 is 0 Å². The highest BCUT2D eigenvalue weighted by atomic mass is 32.2. The molecule has 0 unspecified atom stereocenters. The first-order valence-electron chi connectivity index (χ1n) is 8.24. The third-order valence-electron chi connectivity index (χ3n) is 3.65. The van der Waals surface area contributed by atoms with Crippen molar-refractivity contribution in [1.29, 1.82) is 0 Å². The van der Waals surface area contributed by atoms with E-state index in [-0.39, 0.29) is 17.3 Å². The van der Waals surface area contributed by atoms with Crippen LogP contribution in [0.3, 0.4) is 0 Å². The van der Waals surface area contributed by atoms with E-state index in [1.165, 1.54) is 0 Å². The van der Waals surface area contributed by atoms with Gasteiger partial charge in [-0.2, -0.15) is 0 Å². The van der Waals surface area contributed by atoms with Crippen molar-refractivity contribution in [2.24, 2.45) is 0 Å². The van der Waals surface area contributed by atoms with Crippen LogP contribution in [0.5, 0.6) is 5.75 Å². The molecule has 0 saturated carbocycles. The van der Waals surface area contributed by atoms with Gasteiger partial charge in [-0.15, -0.1) is 10.2 Å². The van der Waals surface area contributed by atoms with Crippen molar-refractivity contribution in [1.82, 2.24) is 14.9 Å². The van der Waals surface area contributed by atoms with Gasteiger partial charge in [0.05, 0.1) is 19.4 Å². The molecule has 28 heavy (non-hydrogen) atoms. The lowest BCUT2D eigenvalue weighted by molar-refractivity contribution is 0.102. The summed E-state index contributed by atoms with van der Waals surface area (Å²) in [6.07, 6.45) is 0. The fourth-order valence-corrected chi connectivity index (χ4v) is 4.15. The molecule has 0 aliphatic rings. The molecule has 0 bridgehead atoms. The van der Waals surface area contributed by atoms with Gasteiger partial charge in [0.15, 0.2) is 0 Å². The number of sulfonamides is 1. The number of nitrogens with one attached hydrogen (secondary N) is 2. The van der Waals surface area contributed by atoms with Crippen LogP contribution >= 0.6 is 11.3 Å². The van der Waals surface area contributed by atoms with Gasteiger partial charge in [0.2, 0.25) is 15.0 Å². The topological polar surface area (TPSA) is 110 Å². The summed E-state index contributed by atoms with van der Waals surface area (Å²) < 4.78 is 31.9. The third kappa shape index (κ3) is 5.59. The Hall–Kier alpha value is -2.82. The van der Waals surface area contributed by atoms with Gasteiger partial charge in [-0.1, -0.05) is 41.7 Å². The lowest BCUT2D eigenvalue weighted by Crippen LogP contribution is -2.24. The highest BCUT2D eigenvalue weighted by Gasteiger charge is 2.16. The molecule has 3 rings (SSSR count). The predicted octanol–water partition coefficient (Wildman–Crippen LogP) is 2.42. The Bertz CT molecular complexity index is 1030. The third-order valence-corrected chi connectivity index (χ3v) is 5.87. The van der Waals surface area contributed by atoms with Crippen molar-refractivity contribution in [2.75, 3.05) is 12.4 Å². The molecule has 0 aliphatic carbocycles. The number of anilines is 1. The molecule has 3 aromatic rings. The summed E-state index contributed by atoms with van der Waals surface area (Å²) in [6, 6.07) is 15.7. The molecule has 1 heterocycles. The van der Waals surface area contributed by atoms with Gasteiger partial charge in [0.1, 0.15) is 10.8 Å². The second-order valence-electron chi connectivity index (χ2n) is 5.75. The van der Waals surface area contributed by atoms with Crippen molar-refractivity contribution in [3.8, 4) is 5.75 Å². The number of amides is 1. The Morgan fingerprint density at radius 2 is 1.79 bits per heavy atom. The maximum atomic E-state index is 12.3. The smallest absolute Gasteiger partial charge is 0.286 e. The van der Waals surface area contributed by atoms with Crippen molar-refractivity contribution in [3.63, 3.8) is 0 Å². The second kappa shape index (κ2) is 8.91. The van der Waals surface area contributed by atoms with Gasteiger partial charge in [-0.05, 0) is 29.8 Å². The predicted molar refractivity (Wildman–Crippen MR) is 107 cm³/mol. The zero-order chi connectivity index (χ0) is 20.0. The Balaban J connectivity index is 1.56. The first-order valence-corrected chi connectivity index (χ1v) is 10.7. The maximum Gasteiger partial charge on any atom is 0.286 e. The first-order chi connectivity index (χ1) is 13.4. The number of aromatic nitrogens is 2. The number of hydrogen-bond acceptors (Lipinski definition) is 7. The molecule has 1 aromatic heterocycles. The number of ether oxygens (including phenoxy) is 1. The van der Waals surface area contributed by atoms with Gasteiger partial charge in [-0.25, -0.2) is 13.1 Å². The monoisotopic (exact) mass is 418 g/mol. The lowest BCUT2D eigenvalue weighted by atomic mass is 10.2. The first kappa shape index (κ1) is 19.9.